The molecule has 27 heavy (non-hydrogen) atoms. The van der Waals surface area contributed by atoms with Gasteiger partial charge in [-0.1, -0.05) is 30.7 Å². The smallest absolute Gasteiger partial charge is 0.276 e. The molecule has 0 aliphatic carbocycles. The van der Waals surface area contributed by atoms with Gasteiger partial charge in [0.25, 0.3) is 11.6 Å². The van der Waals surface area contributed by atoms with Gasteiger partial charge in [-0.15, -0.1) is 0 Å². The number of carbonyl (C=O) groups is 1. The number of benzene rings is 2. The summed E-state index contributed by atoms with van der Waals surface area (Å²) in [6.45, 7) is 1.84. The van der Waals surface area contributed by atoms with Gasteiger partial charge in [0.05, 0.1) is 15.6 Å². The molecule has 0 bridgehead atoms. The Kier molecular flexibility index (Phi) is 7.33. The second-order valence-corrected chi connectivity index (χ2v) is 6.15. The van der Waals surface area contributed by atoms with Crippen LogP contribution in [0.15, 0.2) is 42.5 Å². The predicted octanol–water partition coefficient (Wildman–Crippen LogP) is 3.21. The zero-order valence-electron chi connectivity index (χ0n) is 14.3. The van der Waals surface area contributed by atoms with Crippen LogP contribution in [0.1, 0.15) is 12.5 Å². The summed E-state index contributed by atoms with van der Waals surface area (Å²) < 4.78 is 5.37. The highest BCUT2D eigenvalue weighted by molar-refractivity contribution is 7.80. The first-order valence-corrected chi connectivity index (χ1v) is 8.69. The third kappa shape index (κ3) is 6.39. The molecular formula is C17H17ClN4O4S. The molecule has 142 valence electrons. The number of nitrogens with one attached hydrogen (secondary N) is 3. The number of hydrazine groups is 1. The Morgan fingerprint density at radius 2 is 1.93 bits per heavy atom. The van der Waals surface area contributed by atoms with E-state index in [0.717, 1.165) is 6.42 Å². The molecule has 1 amide bonds. The molecule has 0 spiro atoms. The topological polar surface area (TPSA) is 106 Å². The van der Waals surface area contributed by atoms with Crippen LogP contribution >= 0.6 is 23.8 Å². The Bertz CT molecular complexity index is 845. The summed E-state index contributed by atoms with van der Waals surface area (Å²) in [6.07, 6.45) is 0.920. The van der Waals surface area contributed by atoms with E-state index in [1.54, 1.807) is 12.1 Å². The molecule has 8 nitrogen and oxygen atoms in total. The quantitative estimate of drug-likeness (QED) is 0.383. The van der Waals surface area contributed by atoms with Gasteiger partial charge in [-0.05, 0) is 42.4 Å². The van der Waals surface area contributed by atoms with E-state index >= 15 is 0 Å². The Morgan fingerprint density at radius 3 is 2.56 bits per heavy atom. The number of non-ortho nitro benzene ring substituents is 1. The normalized spacial score (nSPS) is 10.0. The maximum absolute atomic E-state index is 11.8. The van der Waals surface area contributed by atoms with Crippen LogP contribution in [0.4, 0.5) is 11.4 Å². The van der Waals surface area contributed by atoms with Crippen LogP contribution in [-0.2, 0) is 11.2 Å². The molecule has 0 aliphatic rings. The van der Waals surface area contributed by atoms with E-state index in [2.05, 4.69) is 16.2 Å². The van der Waals surface area contributed by atoms with Gasteiger partial charge in [-0.3, -0.25) is 25.8 Å². The van der Waals surface area contributed by atoms with E-state index in [0.29, 0.717) is 5.75 Å². The summed E-state index contributed by atoms with van der Waals surface area (Å²) in [5.41, 5.74) is 6.10. The van der Waals surface area contributed by atoms with Crippen molar-refractivity contribution in [1.82, 2.24) is 10.9 Å². The fourth-order valence-electron chi connectivity index (χ4n) is 2.01. The molecule has 0 aliphatic heterocycles. The van der Waals surface area contributed by atoms with Crippen molar-refractivity contribution in [1.29, 1.82) is 0 Å². The zero-order valence-corrected chi connectivity index (χ0v) is 15.9. The highest BCUT2D eigenvalue weighted by Crippen LogP contribution is 2.26. The third-order valence-corrected chi connectivity index (χ3v) is 3.96. The van der Waals surface area contributed by atoms with Crippen molar-refractivity contribution in [3.63, 3.8) is 0 Å². The van der Waals surface area contributed by atoms with Crippen LogP contribution in [-0.4, -0.2) is 22.5 Å². The largest absolute Gasteiger partial charge is 0.484 e. The van der Waals surface area contributed by atoms with Gasteiger partial charge in [0.15, 0.2) is 11.7 Å². The lowest BCUT2D eigenvalue weighted by Crippen LogP contribution is -2.45. The minimum absolute atomic E-state index is 0.0121. The van der Waals surface area contributed by atoms with Crippen molar-refractivity contribution in [3.8, 4) is 5.75 Å². The van der Waals surface area contributed by atoms with Gasteiger partial charge in [0, 0.05) is 12.1 Å². The number of rotatable bonds is 6. The molecule has 0 fully saturated rings. The number of halogens is 1. The first-order valence-electron chi connectivity index (χ1n) is 7.90. The van der Waals surface area contributed by atoms with Crippen molar-refractivity contribution >= 4 is 46.2 Å². The van der Waals surface area contributed by atoms with Crippen molar-refractivity contribution < 1.29 is 14.5 Å². The number of aryl methyl sites for hydroxylation is 1. The van der Waals surface area contributed by atoms with Gasteiger partial charge in [-0.25, -0.2) is 0 Å². The average Bonchev–Trinajstić information content (AvgIpc) is 2.66. The number of anilines is 1. The summed E-state index contributed by atoms with van der Waals surface area (Å²) in [7, 11) is 0. The number of ether oxygens (including phenoxy) is 1. The molecule has 10 heteroatoms. The van der Waals surface area contributed by atoms with E-state index in [4.69, 9.17) is 28.6 Å². The molecule has 0 saturated heterocycles. The number of hydrogen-bond donors (Lipinski definition) is 3. The molecule has 0 heterocycles. The van der Waals surface area contributed by atoms with Crippen LogP contribution in [0.5, 0.6) is 5.75 Å². The number of nitro groups is 1. The maximum atomic E-state index is 11.8. The molecule has 0 aromatic heterocycles. The molecule has 0 unspecified atom stereocenters. The highest BCUT2D eigenvalue weighted by Gasteiger charge is 2.11. The Balaban J connectivity index is 1.80. The first-order chi connectivity index (χ1) is 12.9. The van der Waals surface area contributed by atoms with Crippen molar-refractivity contribution in [2.45, 2.75) is 13.3 Å². The third-order valence-electron chi connectivity index (χ3n) is 3.43. The number of hydrogen-bond acceptors (Lipinski definition) is 5. The van der Waals surface area contributed by atoms with Crippen LogP contribution in [0.25, 0.3) is 0 Å². The molecule has 2 aromatic carbocycles. The van der Waals surface area contributed by atoms with Crippen LogP contribution in [0, 0.1) is 10.1 Å². The number of nitrogens with zero attached hydrogens (tertiary/aromatic N) is 1. The molecule has 3 N–H and O–H groups in total. The molecule has 2 aromatic rings. The summed E-state index contributed by atoms with van der Waals surface area (Å²) in [6, 6.07) is 11.3. The zero-order chi connectivity index (χ0) is 19.8. The van der Waals surface area contributed by atoms with Gasteiger partial charge in [0.2, 0.25) is 0 Å². The Labute approximate surface area is 166 Å². The van der Waals surface area contributed by atoms with E-state index in [9.17, 15) is 14.9 Å². The van der Waals surface area contributed by atoms with E-state index < -0.39 is 10.8 Å². The summed E-state index contributed by atoms with van der Waals surface area (Å²) in [5, 5.41) is 13.7. The lowest BCUT2D eigenvalue weighted by atomic mass is 10.2. The lowest BCUT2D eigenvalue weighted by molar-refractivity contribution is -0.384. The number of amides is 1. The van der Waals surface area contributed by atoms with E-state index in [1.165, 1.54) is 23.8 Å². The predicted molar refractivity (Wildman–Crippen MR) is 107 cm³/mol. The summed E-state index contributed by atoms with van der Waals surface area (Å²) in [5.74, 6) is 0.121. The second-order valence-electron chi connectivity index (χ2n) is 5.33. The minimum atomic E-state index is -0.551. The highest BCUT2D eigenvalue weighted by atomic mass is 35.5. The van der Waals surface area contributed by atoms with Crippen LogP contribution in [0.2, 0.25) is 5.02 Å². The van der Waals surface area contributed by atoms with Crippen molar-refractivity contribution in [2.75, 3.05) is 11.9 Å². The SMILES string of the molecule is CCc1ccc(OCC(=O)NNC(=S)Nc2cc([N+](=O)[O-])ccc2Cl)cc1. The fourth-order valence-corrected chi connectivity index (χ4v) is 2.33. The average molecular weight is 409 g/mol. The monoisotopic (exact) mass is 408 g/mol. The van der Waals surface area contributed by atoms with Gasteiger partial charge >= 0.3 is 0 Å². The molecule has 0 atom stereocenters. The molecule has 2 rings (SSSR count). The van der Waals surface area contributed by atoms with Gasteiger partial charge in [-0.2, -0.15) is 0 Å². The van der Waals surface area contributed by atoms with Gasteiger partial charge < -0.3 is 10.1 Å². The molecule has 0 radical (unpaired) electrons. The Hall–Kier alpha value is -2.91. The van der Waals surface area contributed by atoms with E-state index in [-0.39, 0.29) is 28.1 Å². The van der Waals surface area contributed by atoms with Crippen molar-refractivity contribution in [2.24, 2.45) is 0 Å². The maximum Gasteiger partial charge on any atom is 0.276 e. The molecular weight excluding hydrogens is 392 g/mol. The fraction of sp³-hybridized carbons (Fsp3) is 0.176. The first kappa shape index (κ1) is 20.4. The minimum Gasteiger partial charge on any atom is -0.484 e. The van der Waals surface area contributed by atoms with E-state index in [1.807, 2.05) is 19.1 Å². The number of nitro benzene ring substituents is 1. The summed E-state index contributed by atoms with van der Waals surface area (Å²) >= 11 is 11.0. The number of thiocarbonyl (C=S) groups is 1. The van der Waals surface area contributed by atoms with Gasteiger partial charge in [0.1, 0.15) is 5.75 Å². The van der Waals surface area contributed by atoms with Crippen molar-refractivity contribution in [3.05, 3.63) is 63.2 Å². The Morgan fingerprint density at radius 1 is 1.22 bits per heavy atom. The number of carbonyl (C=O) groups excluding carboxylic acids is 1. The second kappa shape index (κ2) is 9.70. The lowest BCUT2D eigenvalue weighted by Gasteiger charge is -2.13. The molecule has 0 saturated carbocycles. The standard InChI is InChI=1S/C17H17ClN4O4S/c1-2-11-3-6-13(7-4-11)26-10-16(23)20-21-17(27)19-15-9-12(22(24)25)5-8-14(15)18/h3-9H,2,10H2,1H3,(H,20,23)(H2,19,21,27). The van der Waals surface area contributed by atoms with Crippen LogP contribution in [0.3, 0.4) is 0 Å². The summed E-state index contributed by atoms with van der Waals surface area (Å²) in [4.78, 5) is 22.1. The van der Waals surface area contributed by atoms with Crippen LogP contribution < -0.4 is 20.9 Å².